The van der Waals surface area contributed by atoms with E-state index in [1.54, 1.807) is 37.4 Å². The van der Waals surface area contributed by atoms with Gasteiger partial charge in [0.15, 0.2) is 0 Å². The Labute approximate surface area is 186 Å². The van der Waals surface area contributed by atoms with E-state index in [9.17, 15) is 9.18 Å². The van der Waals surface area contributed by atoms with Crippen molar-refractivity contribution in [3.8, 4) is 0 Å². The molecule has 7 heteroatoms. The molecule has 3 rings (SSSR count). The number of nitrogens with one attached hydrogen (secondary N) is 1. The van der Waals surface area contributed by atoms with Crippen molar-refractivity contribution in [2.24, 2.45) is 4.99 Å². The molecular weight excluding hydrogens is 405 g/mol. The van der Waals surface area contributed by atoms with Gasteiger partial charge in [0.2, 0.25) is 0 Å². The third kappa shape index (κ3) is 5.43. The Morgan fingerprint density at radius 1 is 1.28 bits per heavy atom. The van der Waals surface area contributed by atoms with Crippen LogP contribution in [-0.4, -0.2) is 22.6 Å². The molecule has 0 aliphatic rings. The van der Waals surface area contributed by atoms with Crippen LogP contribution in [0, 0.1) is 19.7 Å². The largest absolute Gasteiger partial charge is 0.384 e. The maximum Gasteiger partial charge on any atom is 0.251 e. The number of carbonyl (C=O) groups excluding carboxylic acids is 1. The number of anilines is 1. The van der Waals surface area contributed by atoms with Gasteiger partial charge < -0.3 is 11.1 Å². The number of hydrogen-bond donors (Lipinski definition) is 2. The number of aliphatic imine (C=N–C) groups is 1. The summed E-state index contributed by atoms with van der Waals surface area (Å²) >= 11 is 0. The Bertz CT molecular complexity index is 1220. The molecule has 3 aromatic rings. The van der Waals surface area contributed by atoms with Crippen molar-refractivity contribution in [1.29, 1.82) is 0 Å². The number of nitrogens with zero attached hydrogens (tertiary/aromatic N) is 3. The van der Waals surface area contributed by atoms with Crippen LogP contribution in [0.25, 0.3) is 10.9 Å². The minimum atomic E-state index is -0.316. The lowest BCUT2D eigenvalue weighted by atomic mass is 10.1. The number of pyridine rings is 2. The van der Waals surface area contributed by atoms with E-state index in [1.165, 1.54) is 12.1 Å². The molecule has 0 aliphatic carbocycles. The average molecular weight is 432 g/mol. The second-order valence-electron chi connectivity index (χ2n) is 7.51. The molecule has 0 atom stereocenters. The third-order valence-electron chi connectivity index (χ3n) is 5.18. The van der Waals surface area contributed by atoms with Gasteiger partial charge in [-0.3, -0.25) is 14.8 Å². The Morgan fingerprint density at radius 3 is 2.75 bits per heavy atom. The molecule has 0 saturated heterocycles. The molecule has 1 amide bonds. The summed E-state index contributed by atoms with van der Waals surface area (Å²) in [5.74, 6) is -0.0912. The minimum Gasteiger partial charge on any atom is -0.384 e. The predicted octanol–water partition coefficient (Wildman–Crippen LogP) is 4.36. The van der Waals surface area contributed by atoms with Gasteiger partial charge in [0.1, 0.15) is 11.6 Å². The standard InChI is InChI=1S/C25H26FN5O/c1-5-18(25(32)30-14-22-15(2)8-24(27)31-16(22)3)12-21(28-4)10-17-9-19-11-20(26)6-7-23(19)29-13-17/h5-9,11-13H,4,10,14H2,1-3H3,(H2,27,31)(H,30,32)/b18-5+,21-12-. The van der Waals surface area contributed by atoms with E-state index in [1.807, 2.05) is 19.9 Å². The first-order valence-corrected chi connectivity index (χ1v) is 10.2. The van der Waals surface area contributed by atoms with Crippen LogP contribution >= 0.6 is 0 Å². The first-order chi connectivity index (χ1) is 15.3. The molecular formula is C25H26FN5O. The monoisotopic (exact) mass is 431 g/mol. The molecule has 0 fully saturated rings. The van der Waals surface area contributed by atoms with E-state index in [4.69, 9.17) is 5.73 Å². The van der Waals surface area contributed by atoms with E-state index in [2.05, 4.69) is 27.0 Å². The van der Waals surface area contributed by atoms with Gasteiger partial charge >= 0.3 is 0 Å². The Kier molecular flexibility index (Phi) is 7.10. The molecule has 32 heavy (non-hydrogen) atoms. The molecule has 164 valence electrons. The number of fused-ring (bicyclic) bond motifs is 1. The van der Waals surface area contributed by atoms with Crippen molar-refractivity contribution in [2.45, 2.75) is 33.7 Å². The van der Waals surface area contributed by atoms with Crippen molar-refractivity contribution in [2.75, 3.05) is 5.73 Å². The molecule has 0 radical (unpaired) electrons. The van der Waals surface area contributed by atoms with Crippen molar-refractivity contribution < 1.29 is 9.18 Å². The molecule has 6 nitrogen and oxygen atoms in total. The number of hydrogen-bond acceptors (Lipinski definition) is 5. The Balaban J connectivity index is 1.75. The van der Waals surface area contributed by atoms with Gasteiger partial charge in [-0.25, -0.2) is 9.37 Å². The second kappa shape index (κ2) is 9.96. The number of nitrogen functional groups attached to an aromatic ring is 1. The van der Waals surface area contributed by atoms with Crippen molar-refractivity contribution in [3.63, 3.8) is 0 Å². The number of carbonyl (C=O) groups is 1. The number of aryl methyl sites for hydroxylation is 2. The number of aromatic nitrogens is 2. The molecule has 0 bridgehead atoms. The van der Waals surface area contributed by atoms with Crippen LogP contribution in [0.5, 0.6) is 0 Å². The highest BCUT2D eigenvalue weighted by Gasteiger charge is 2.11. The van der Waals surface area contributed by atoms with Gasteiger partial charge in [-0.2, -0.15) is 0 Å². The fraction of sp³-hybridized carbons (Fsp3) is 0.200. The van der Waals surface area contributed by atoms with Gasteiger partial charge in [0.25, 0.3) is 5.91 Å². The summed E-state index contributed by atoms with van der Waals surface area (Å²) < 4.78 is 13.5. The number of amides is 1. The van der Waals surface area contributed by atoms with Crippen LogP contribution in [0.3, 0.4) is 0 Å². The van der Waals surface area contributed by atoms with E-state index in [0.29, 0.717) is 41.0 Å². The number of nitrogens with two attached hydrogens (primary N) is 1. The summed E-state index contributed by atoms with van der Waals surface area (Å²) in [5.41, 5.74) is 11.1. The minimum absolute atomic E-state index is 0.233. The van der Waals surface area contributed by atoms with Crippen LogP contribution in [0.2, 0.25) is 0 Å². The first-order valence-electron chi connectivity index (χ1n) is 10.2. The van der Waals surface area contributed by atoms with Gasteiger partial charge in [-0.1, -0.05) is 6.08 Å². The maximum atomic E-state index is 13.5. The lowest BCUT2D eigenvalue weighted by Gasteiger charge is -2.12. The molecule has 1 aromatic carbocycles. The van der Waals surface area contributed by atoms with E-state index in [-0.39, 0.29) is 11.7 Å². The zero-order valence-electron chi connectivity index (χ0n) is 18.4. The van der Waals surface area contributed by atoms with E-state index >= 15 is 0 Å². The zero-order valence-corrected chi connectivity index (χ0v) is 18.4. The summed E-state index contributed by atoms with van der Waals surface area (Å²) in [7, 11) is 0. The van der Waals surface area contributed by atoms with Crippen molar-refractivity contribution >= 4 is 29.3 Å². The molecule has 0 saturated carbocycles. The summed E-state index contributed by atoms with van der Waals surface area (Å²) in [6.07, 6.45) is 5.54. The molecule has 0 unspecified atom stereocenters. The predicted molar refractivity (Wildman–Crippen MR) is 127 cm³/mol. The molecule has 0 spiro atoms. The van der Waals surface area contributed by atoms with Crippen LogP contribution in [0.4, 0.5) is 10.2 Å². The van der Waals surface area contributed by atoms with Gasteiger partial charge in [-0.15, -0.1) is 0 Å². The number of allylic oxidation sites excluding steroid dienone is 2. The lowest BCUT2D eigenvalue weighted by molar-refractivity contribution is -0.117. The van der Waals surface area contributed by atoms with Crippen LogP contribution < -0.4 is 11.1 Å². The quantitative estimate of drug-likeness (QED) is 0.330. The highest BCUT2D eigenvalue weighted by atomic mass is 19.1. The lowest BCUT2D eigenvalue weighted by Crippen LogP contribution is -2.25. The van der Waals surface area contributed by atoms with Crippen molar-refractivity contribution in [3.05, 3.63) is 88.2 Å². The van der Waals surface area contributed by atoms with Crippen LogP contribution in [0.15, 0.2) is 64.9 Å². The van der Waals surface area contributed by atoms with Gasteiger partial charge in [-0.05, 0) is 80.6 Å². The smallest absolute Gasteiger partial charge is 0.251 e. The van der Waals surface area contributed by atoms with Crippen LogP contribution in [0.1, 0.15) is 29.3 Å². The van der Waals surface area contributed by atoms with E-state index in [0.717, 1.165) is 22.4 Å². The number of benzene rings is 1. The van der Waals surface area contributed by atoms with Crippen LogP contribution in [-0.2, 0) is 17.8 Å². The number of halogens is 1. The Morgan fingerprint density at radius 2 is 2.06 bits per heavy atom. The highest BCUT2D eigenvalue weighted by molar-refractivity contribution is 5.96. The fourth-order valence-electron chi connectivity index (χ4n) is 3.49. The third-order valence-corrected chi connectivity index (χ3v) is 5.18. The summed E-state index contributed by atoms with van der Waals surface area (Å²) in [6.45, 7) is 9.55. The van der Waals surface area contributed by atoms with E-state index < -0.39 is 0 Å². The number of rotatable bonds is 7. The first kappa shape index (κ1) is 22.8. The summed E-state index contributed by atoms with van der Waals surface area (Å²) in [6, 6.07) is 8.11. The second-order valence-corrected chi connectivity index (χ2v) is 7.51. The Hall–Kier alpha value is -3.87. The molecule has 3 N–H and O–H groups in total. The van der Waals surface area contributed by atoms with Gasteiger partial charge in [0.05, 0.1) is 5.52 Å². The fourth-order valence-corrected chi connectivity index (χ4v) is 3.49. The van der Waals surface area contributed by atoms with Crippen molar-refractivity contribution in [1.82, 2.24) is 15.3 Å². The summed E-state index contributed by atoms with van der Waals surface area (Å²) in [4.78, 5) is 25.5. The highest BCUT2D eigenvalue weighted by Crippen LogP contribution is 2.19. The average Bonchev–Trinajstić information content (AvgIpc) is 2.75. The topological polar surface area (TPSA) is 93.3 Å². The maximum absolute atomic E-state index is 13.5. The SMILES string of the molecule is C=N/C(=C\C(=C/C)C(=O)NCc1c(C)cc(N)nc1C)Cc1cnc2ccc(F)cc2c1. The zero-order chi connectivity index (χ0) is 23.3. The summed E-state index contributed by atoms with van der Waals surface area (Å²) in [5, 5.41) is 3.63. The van der Waals surface area contributed by atoms with Gasteiger partial charge in [0, 0.05) is 41.5 Å². The molecule has 2 heterocycles. The normalized spacial score (nSPS) is 12.1. The molecule has 0 aliphatic heterocycles. The molecule has 2 aromatic heterocycles.